The van der Waals surface area contributed by atoms with Crippen molar-refractivity contribution < 1.29 is 13.2 Å². The van der Waals surface area contributed by atoms with Crippen LogP contribution in [-0.4, -0.2) is 27.1 Å². The molecule has 6 nitrogen and oxygen atoms in total. The molecule has 3 aromatic rings. The number of carbonyl (C=O) groups excluding carboxylic acids is 1. The van der Waals surface area contributed by atoms with E-state index in [1.165, 1.54) is 18.3 Å². The van der Waals surface area contributed by atoms with E-state index in [4.69, 9.17) is 0 Å². The molecule has 1 N–H and O–H groups in total. The standard InChI is InChI=1S/C22H20BrN3O3S/c1-17-8-7-10-19(14-17)26(30(28,29)20-11-3-2-4-12-20)16-22(27)25-24-15-18-9-5-6-13-21(18)23/h2-15H,16H2,1H3,(H,25,27)/b24-15-. The van der Waals surface area contributed by atoms with Crippen molar-refractivity contribution in [2.75, 3.05) is 10.8 Å². The van der Waals surface area contributed by atoms with Crippen LogP contribution < -0.4 is 9.73 Å². The van der Waals surface area contributed by atoms with E-state index in [1.54, 1.807) is 36.4 Å². The van der Waals surface area contributed by atoms with Crippen LogP contribution in [0, 0.1) is 6.92 Å². The molecule has 3 aromatic carbocycles. The number of hydrogen-bond donors (Lipinski definition) is 1. The Hall–Kier alpha value is -2.97. The summed E-state index contributed by atoms with van der Waals surface area (Å²) >= 11 is 3.40. The smallest absolute Gasteiger partial charge is 0.264 e. The molecule has 0 spiro atoms. The van der Waals surface area contributed by atoms with E-state index in [-0.39, 0.29) is 4.90 Å². The number of nitrogens with one attached hydrogen (secondary N) is 1. The monoisotopic (exact) mass is 485 g/mol. The Kier molecular flexibility index (Phi) is 7.02. The third-order valence-electron chi connectivity index (χ3n) is 4.21. The molecule has 0 aromatic heterocycles. The number of hydrogen-bond acceptors (Lipinski definition) is 4. The van der Waals surface area contributed by atoms with Crippen LogP contribution in [0.3, 0.4) is 0 Å². The highest BCUT2D eigenvalue weighted by atomic mass is 79.9. The van der Waals surface area contributed by atoms with Gasteiger partial charge in [0.15, 0.2) is 0 Å². The second-order valence-electron chi connectivity index (χ2n) is 6.48. The van der Waals surface area contributed by atoms with E-state index < -0.39 is 22.5 Å². The van der Waals surface area contributed by atoms with E-state index >= 15 is 0 Å². The molecular weight excluding hydrogens is 466 g/mol. The summed E-state index contributed by atoms with van der Waals surface area (Å²) in [6.45, 7) is 1.45. The third kappa shape index (κ3) is 5.34. The SMILES string of the molecule is Cc1cccc(N(CC(=O)N/N=C\c2ccccc2Br)S(=O)(=O)c2ccccc2)c1. The number of carbonyl (C=O) groups is 1. The summed E-state index contributed by atoms with van der Waals surface area (Å²) in [4.78, 5) is 12.6. The van der Waals surface area contributed by atoms with Crippen LogP contribution in [0.1, 0.15) is 11.1 Å². The van der Waals surface area contributed by atoms with Crippen molar-refractivity contribution in [3.63, 3.8) is 0 Å². The van der Waals surface area contributed by atoms with Gasteiger partial charge in [0.25, 0.3) is 15.9 Å². The van der Waals surface area contributed by atoms with Crippen LogP contribution in [0.15, 0.2) is 93.3 Å². The molecule has 0 fully saturated rings. The minimum atomic E-state index is -3.94. The zero-order chi connectivity index (χ0) is 21.6. The summed E-state index contributed by atoms with van der Waals surface area (Å²) in [7, 11) is -3.94. The van der Waals surface area contributed by atoms with Crippen molar-refractivity contribution in [2.45, 2.75) is 11.8 Å². The first-order valence-corrected chi connectivity index (χ1v) is 11.3. The lowest BCUT2D eigenvalue weighted by atomic mass is 10.2. The molecular formula is C22H20BrN3O3S. The van der Waals surface area contributed by atoms with Crippen LogP contribution in [0.4, 0.5) is 5.69 Å². The Morgan fingerprint density at radius 2 is 1.73 bits per heavy atom. The predicted molar refractivity (Wildman–Crippen MR) is 122 cm³/mol. The fraction of sp³-hybridized carbons (Fsp3) is 0.0909. The van der Waals surface area contributed by atoms with Gasteiger partial charge in [0.1, 0.15) is 6.54 Å². The van der Waals surface area contributed by atoms with Crippen molar-refractivity contribution in [2.24, 2.45) is 5.10 Å². The zero-order valence-corrected chi connectivity index (χ0v) is 18.6. The van der Waals surface area contributed by atoms with Crippen LogP contribution in [0.5, 0.6) is 0 Å². The average Bonchev–Trinajstić information content (AvgIpc) is 2.74. The van der Waals surface area contributed by atoms with Gasteiger partial charge in [-0.05, 0) is 42.8 Å². The number of halogens is 1. The van der Waals surface area contributed by atoms with Gasteiger partial charge in [-0.2, -0.15) is 5.10 Å². The summed E-state index contributed by atoms with van der Waals surface area (Å²) in [6.07, 6.45) is 1.49. The molecule has 30 heavy (non-hydrogen) atoms. The topological polar surface area (TPSA) is 78.8 Å². The van der Waals surface area contributed by atoms with Gasteiger partial charge in [-0.25, -0.2) is 13.8 Å². The van der Waals surface area contributed by atoms with E-state index in [1.807, 2.05) is 37.3 Å². The fourth-order valence-electron chi connectivity index (χ4n) is 2.74. The average molecular weight is 486 g/mol. The van der Waals surface area contributed by atoms with Gasteiger partial charge in [-0.1, -0.05) is 64.5 Å². The van der Waals surface area contributed by atoms with Gasteiger partial charge in [-0.3, -0.25) is 9.10 Å². The molecule has 0 saturated heterocycles. The van der Waals surface area contributed by atoms with Crippen molar-refractivity contribution >= 4 is 43.8 Å². The first-order chi connectivity index (χ1) is 14.4. The van der Waals surface area contributed by atoms with Crippen LogP contribution in [0.25, 0.3) is 0 Å². The summed E-state index contributed by atoms with van der Waals surface area (Å²) in [5.74, 6) is -0.556. The molecule has 0 radical (unpaired) electrons. The Bertz CT molecular complexity index is 1170. The molecule has 0 saturated carbocycles. The molecule has 0 heterocycles. The van der Waals surface area contributed by atoms with E-state index in [0.717, 1.165) is 19.9 Å². The number of rotatable bonds is 7. The number of aryl methyl sites for hydroxylation is 1. The summed E-state index contributed by atoms with van der Waals surface area (Å²) in [5.41, 5.74) is 4.47. The van der Waals surface area contributed by atoms with Crippen molar-refractivity contribution in [1.82, 2.24) is 5.43 Å². The summed E-state index contributed by atoms with van der Waals surface area (Å²) in [5, 5.41) is 3.95. The third-order valence-corrected chi connectivity index (χ3v) is 6.72. The number of anilines is 1. The predicted octanol–water partition coefficient (Wildman–Crippen LogP) is 4.10. The van der Waals surface area contributed by atoms with Crippen molar-refractivity contribution in [3.05, 3.63) is 94.5 Å². The maximum absolute atomic E-state index is 13.2. The number of hydrazone groups is 1. The maximum Gasteiger partial charge on any atom is 0.264 e. The van der Waals surface area contributed by atoms with Gasteiger partial charge in [0.2, 0.25) is 0 Å². The molecule has 0 bridgehead atoms. The Labute approximate surface area is 184 Å². The normalized spacial score (nSPS) is 11.4. The molecule has 0 aliphatic heterocycles. The maximum atomic E-state index is 13.2. The molecule has 3 rings (SSSR count). The first kappa shape index (κ1) is 21.7. The summed E-state index contributed by atoms with van der Waals surface area (Å²) in [6, 6.07) is 22.4. The van der Waals surface area contributed by atoms with Crippen LogP contribution in [0.2, 0.25) is 0 Å². The van der Waals surface area contributed by atoms with Gasteiger partial charge in [0.05, 0.1) is 16.8 Å². The minimum Gasteiger partial charge on any atom is -0.271 e. The van der Waals surface area contributed by atoms with Crippen molar-refractivity contribution in [1.29, 1.82) is 0 Å². The highest BCUT2D eigenvalue weighted by Crippen LogP contribution is 2.24. The molecule has 0 atom stereocenters. The summed E-state index contributed by atoms with van der Waals surface area (Å²) < 4.78 is 28.4. The minimum absolute atomic E-state index is 0.107. The van der Waals surface area contributed by atoms with Crippen LogP contribution in [-0.2, 0) is 14.8 Å². The Morgan fingerprint density at radius 1 is 1.03 bits per heavy atom. The van der Waals surface area contributed by atoms with Crippen LogP contribution >= 0.6 is 15.9 Å². The largest absolute Gasteiger partial charge is 0.271 e. The molecule has 0 aliphatic carbocycles. The Balaban J connectivity index is 1.84. The molecule has 8 heteroatoms. The highest BCUT2D eigenvalue weighted by molar-refractivity contribution is 9.10. The molecule has 1 amide bonds. The number of sulfonamides is 1. The highest BCUT2D eigenvalue weighted by Gasteiger charge is 2.27. The lowest BCUT2D eigenvalue weighted by molar-refractivity contribution is -0.119. The number of amides is 1. The molecule has 154 valence electrons. The van der Waals surface area contributed by atoms with E-state index in [0.29, 0.717) is 5.69 Å². The second-order valence-corrected chi connectivity index (χ2v) is 9.20. The quantitative estimate of drug-likeness (QED) is 0.404. The van der Waals surface area contributed by atoms with Gasteiger partial charge < -0.3 is 0 Å². The van der Waals surface area contributed by atoms with Gasteiger partial charge in [0, 0.05) is 10.0 Å². The number of benzene rings is 3. The van der Waals surface area contributed by atoms with E-state index in [2.05, 4.69) is 26.5 Å². The first-order valence-electron chi connectivity index (χ1n) is 9.09. The lowest BCUT2D eigenvalue weighted by Gasteiger charge is -2.24. The molecule has 0 aliphatic rings. The van der Waals surface area contributed by atoms with Gasteiger partial charge in [-0.15, -0.1) is 0 Å². The molecule has 0 unspecified atom stereocenters. The van der Waals surface area contributed by atoms with Gasteiger partial charge >= 0.3 is 0 Å². The van der Waals surface area contributed by atoms with E-state index in [9.17, 15) is 13.2 Å². The Morgan fingerprint density at radius 3 is 2.43 bits per heavy atom. The zero-order valence-electron chi connectivity index (χ0n) is 16.2. The van der Waals surface area contributed by atoms with Crippen molar-refractivity contribution in [3.8, 4) is 0 Å². The lowest BCUT2D eigenvalue weighted by Crippen LogP contribution is -2.39. The fourth-order valence-corrected chi connectivity index (χ4v) is 4.56. The second kappa shape index (κ2) is 9.69. The number of nitrogens with zero attached hydrogens (tertiary/aromatic N) is 2.